The Kier molecular flexibility index (Phi) is 10.5. The molecule has 0 saturated carbocycles. The van der Waals surface area contributed by atoms with Crippen molar-refractivity contribution < 1.29 is 48.6 Å². The number of alkyl halides is 2. The Morgan fingerprint density at radius 3 is 1.76 bits per heavy atom. The van der Waals surface area contributed by atoms with Gasteiger partial charge in [0, 0.05) is 28.3 Å². The van der Waals surface area contributed by atoms with Crippen LogP contribution in [0.5, 0.6) is 5.75 Å². The van der Waals surface area contributed by atoms with Gasteiger partial charge < -0.3 is 4.74 Å². The van der Waals surface area contributed by atoms with Crippen LogP contribution >= 0.6 is 0 Å². The molecule has 5 aromatic rings. The number of halogens is 10. The van der Waals surface area contributed by atoms with Gasteiger partial charge in [-0.25, -0.2) is 35.1 Å². The number of aryl methyl sites for hydroxylation is 1. The van der Waals surface area contributed by atoms with Crippen LogP contribution in [0.25, 0.3) is 33.9 Å². The standard InChI is InChI=1S/C38H26F10O/c1-2-3-4-5-21-6-8-22(9-7-21)35(44)36(45)24-11-15-29(32(41)17-24)38(47,48)49-26-12-14-27(31(40)20-26)23-10-13-28(30(39)16-23)25-18-33(42)37(46)34(43)19-25/h6-20H,2-5H2,1H3. The van der Waals surface area contributed by atoms with Gasteiger partial charge in [0.25, 0.3) is 0 Å². The lowest BCUT2D eigenvalue weighted by atomic mass is 9.99. The lowest BCUT2D eigenvalue weighted by molar-refractivity contribution is -0.187. The van der Waals surface area contributed by atoms with Crippen LogP contribution < -0.4 is 4.74 Å². The highest BCUT2D eigenvalue weighted by molar-refractivity contribution is 5.83. The van der Waals surface area contributed by atoms with Crippen molar-refractivity contribution in [3.05, 3.63) is 148 Å². The highest BCUT2D eigenvalue weighted by Gasteiger charge is 2.38. The molecule has 0 atom stereocenters. The monoisotopic (exact) mass is 688 g/mol. The van der Waals surface area contributed by atoms with E-state index in [2.05, 4.69) is 11.7 Å². The van der Waals surface area contributed by atoms with Gasteiger partial charge in [0.15, 0.2) is 29.1 Å². The zero-order chi connectivity index (χ0) is 35.5. The average Bonchev–Trinajstić information content (AvgIpc) is 3.06. The van der Waals surface area contributed by atoms with Gasteiger partial charge in [-0.05, 0) is 72.0 Å². The molecule has 0 fully saturated rings. The van der Waals surface area contributed by atoms with Crippen LogP contribution in [0, 0.1) is 34.9 Å². The van der Waals surface area contributed by atoms with Gasteiger partial charge in [-0.15, -0.1) is 0 Å². The lowest BCUT2D eigenvalue weighted by Crippen LogP contribution is -2.23. The average molecular weight is 689 g/mol. The topological polar surface area (TPSA) is 9.23 Å². The Morgan fingerprint density at radius 1 is 0.571 bits per heavy atom. The normalized spacial score (nSPS) is 12.2. The number of benzene rings is 5. The molecule has 0 N–H and O–H groups in total. The molecule has 1 nitrogen and oxygen atoms in total. The molecule has 0 bridgehead atoms. The molecule has 0 aliphatic heterocycles. The van der Waals surface area contributed by atoms with Crippen LogP contribution in [0.4, 0.5) is 43.9 Å². The second kappa shape index (κ2) is 14.6. The maximum atomic E-state index is 15.0. The van der Waals surface area contributed by atoms with E-state index >= 15 is 13.2 Å². The molecule has 0 saturated heterocycles. The Balaban J connectivity index is 1.32. The summed E-state index contributed by atoms with van der Waals surface area (Å²) in [4.78, 5) is 0. The van der Waals surface area contributed by atoms with Crippen molar-refractivity contribution in [2.24, 2.45) is 0 Å². The summed E-state index contributed by atoms with van der Waals surface area (Å²) in [6, 6.07) is 14.3. The van der Waals surface area contributed by atoms with Crippen molar-refractivity contribution in [2.75, 3.05) is 0 Å². The van der Waals surface area contributed by atoms with Crippen molar-refractivity contribution in [3.8, 4) is 28.0 Å². The Hall–Kier alpha value is -5.06. The molecule has 11 heteroatoms. The molecule has 5 rings (SSSR count). The van der Waals surface area contributed by atoms with Crippen LogP contribution in [0.1, 0.15) is 48.4 Å². The summed E-state index contributed by atoms with van der Waals surface area (Å²) in [6.07, 6.45) is -0.635. The maximum Gasteiger partial charge on any atom is 0.429 e. The number of rotatable bonds is 11. The highest BCUT2D eigenvalue weighted by Crippen LogP contribution is 2.38. The molecule has 254 valence electrons. The van der Waals surface area contributed by atoms with Gasteiger partial charge in [-0.2, -0.15) is 8.78 Å². The van der Waals surface area contributed by atoms with E-state index in [1.165, 1.54) is 18.2 Å². The number of hydrogen-bond acceptors (Lipinski definition) is 1. The summed E-state index contributed by atoms with van der Waals surface area (Å²) in [5.74, 6) is -12.2. The molecule has 5 aromatic carbocycles. The third-order valence-corrected chi connectivity index (χ3v) is 7.77. The first-order chi connectivity index (χ1) is 23.3. The van der Waals surface area contributed by atoms with Gasteiger partial charge >= 0.3 is 6.11 Å². The molecule has 0 unspecified atom stereocenters. The summed E-state index contributed by atoms with van der Waals surface area (Å²) in [5.41, 5.74) is -2.16. The van der Waals surface area contributed by atoms with E-state index in [-0.39, 0.29) is 27.8 Å². The van der Waals surface area contributed by atoms with Gasteiger partial charge in [0.1, 0.15) is 23.2 Å². The van der Waals surface area contributed by atoms with Crippen LogP contribution in [0.3, 0.4) is 0 Å². The quantitative estimate of drug-likeness (QED) is 0.0581. The van der Waals surface area contributed by atoms with Gasteiger partial charge in [0.2, 0.25) is 0 Å². The second-order valence-electron chi connectivity index (χ2n) is 11.2. The van der Waals surface area contributed by atoms with E-state index in [4.69, 9.17) is 0 Å². The van der Waals surface area contributed by atoms with Crippen molar-refractivity contribution in [1.82, 2.24) is 0 Å². The summed E-state index contributed by atoms with van der Waals surface area (Å²) in [7, 11) is 0. The third-order valence-electron chi connectivity index (χ3n) is 7.77. The minimum absolute atomic E-state index is 0.0908. The van der Waals surface area contributed by atoms with Crippen molar-refractivity contribution >= 4 is 11.7 Å². The van der Waals surface area contributed by atoms with Crippen LogP contribution in [0.15, 0.2) is 91.0 Å². The van der Waals surface area contributed by atoms with E-state index in [1.54, 1.807) is 12.1 Å². The van der Waals surface area contributed by atoms with E-state index in [0.29, 0.717) is 30.3 Å². The van der Waals surface area contributed by atoms with Gasteiger partial charge in [-0.3, -0.25) is 0 Å². The molecule has 0 aliphatic rings. The Bertz CT molecular complexity index is 2000. The molecule has 0 amide bonds. The van der Waals surface area contributed by atoms with E-state index in [1.807, 2.05) is 0 Å². The first-order valence-electron chi connectivity index (χ1n) is 15.0. The molecule has 49 heavy (non-hydrogen) atoms. The summed E-state index contributed by atoms with van der Waals surface area (Å²) in [5, 5.41) is 0. The lowest BCUT2D eigenvalue weighted by Gasteiger charge is -2.19. The van der Waals surface area contributed by atoms with E-state index < -0.39 is 69.5 Å². The third kappa shape index (κ3) is 7.82. The van der Waals surface area contributed by atoms with Crippen LogP contribution in [0.2, 0.25) is 0 Å². The fourth-order valence-corrected chi connectivity index (χ4v) is 5.16. The number of ether oxygens (including phenoxy) is 1. The zero-order valence-corrected chi connectivity index (χ0v) is 25.7. The minimum atomic E-state index is -4.39. The summed E-state index contributed by atoms with van der Waals surface area (Å²) < 4.78 is 150. The smallest absolute Gasteiger partial charge is 0.429 e. The molecule has 0 radical (unpaired) electrons. The second-order valence-corrected chi connectivity index (χ2v) is 11.2. The first kappa shape index (κ1) is 35.3. The SMILES string of the molecule is CCCCCc1ccc(C(F)=C(F)c2ccc(C(F)(F)Oc3ccc(-c4ccc(-c5cc(F)c(F)c(F)c5)c(F)c4)c(F)c3)c(F)c2)cc1. The predicted octanol–water partition coefficient (Wildman–Crippen LogP) is 12.5. The van der Waals surface area contributed by atoms with Crippen LogP contribution in [-0.2, 0) is 12.5 Å². The van der Waals surface area contributed by atoms with E-state index in [9.17, 15) is 30.7 Å². The molecular weight excluding hydrogens is 662 g/mol. The maximum absolute atomic E-state index is 15.0. The summed E-state index contributed by atoms with van der Waals surface area (Å²) >= 11 is 0. The largest absolute Gasteiger partial charge is 0.429 e. The predicted molar refractivity (Wildman–Crippen MR) is 167 cm³/mol. The fraction of sp³-hybridized carbons (Fsp3) is 0.158. The highest BCUT2D eigenvalue weighted by atomic mass is 19.3. The van der Waals surface area contributed by atoms with Crippen molar-refractivity contribution in [1.29, 1.82) is 0 Å². The van der Waals surface area contributed by atoms with Crippen LogP contribution in [-0.4, -0.2) is 0 Å². The van der Waals surface area contributed by atoms with Crippen molar-refractivity contribution in [3.63, 3.8) is 0 Å². The number of hydrogen-bond donors (Lipinski definition) is 0. The molecule has 0 aliphatic carbocycles. The Morgan fingerprint density at radius 2 is 1.14 bits per heavy atom. The summed E-state index contributed by atoms with van der Waals surface area (Å²) in [6.45, 7) is 2.06. The molecule has 0 spiro atoms. The fourth-order valence-electron chi connectivity index (χ4n) is 5.16. The Labute approximate surface area is 275 Å². The molecule has 0 aromatic heterocycles. The van der Waals surface area contributed by atoms with Gasteiger partial charge in [-0.1, -0.05) is 62.2 Å². The van der Waals surface area contributed by atoms with Crippen molar-refractivity contribution in [2.45, 2.75) is 38.7 Å². The molecular formula is C38H26F10O. The first-order valence-corrected chi connectivity index (χ1v) is 15.0. The minimum Gasteiger partial charge on any atom is -0.429 e. The zero-order valence-electron chi connectivity index (χ0n) is 25.7. The number of unbranched alkanes of at least 4 members (excludes halogenated alkanes) is 2. The molecule has 0 heterocycles. The van der Waals surface area contributed by atoms with Gasteiger partial charge in [0.05, 0.1) is 5.56 Å². The van der Waals surface area contributed by atoms with E-state index in [0.717, 1.165) is 61.6 Å².